The number of alkyl halides is 1. The Kier molecular flexibility index (Phi) is 3.63. The summed E-state index contributed by atoms with van der Waals surface area (Å²) in [5, 5.41) is -0.0441. The van der Waals surface area contributed by atoms with Crippen LogP contribution < -0.4 is 0 Å². The average Bonchev–Trinajstić information content (AvgIpc) is 2.39. The van der Waals surface area contributed by atoms with Crippen LogP contribution >= 0.6 is 11.6 Å². The van der Waals surface area contributed by atoms with Gasteiger partial charge in [0.2, 0.25) is 0 Å². The molecule has 0 saturated heterocycles. The maximum atomic E-state index is 6.52. The van der Waals surface area contributed by atoms with Gasteiger partial charge in [-0.05, 0) is 23.1 Å². The summed E-state index contributed by atoms with van der Waals surface area (Å²) < 4.78 is 0. The van der Waals surface area contributed by atoms with Crippen LogP contribution in [0, 0.1) is 0 Å². The fourth-order valence-electron chi connectivity index (χ4n) is 1.90. The molecule has 0 spiro atoms. The van der Waals surface area contributed by atoms with E-state index in [2.05, 4.69) is 37.3 Å². The Morgan fingerprint density at radius 2 is 1.56 bits per heavy atom. The third kappa shape index (κ3) is 2.28. The Hall–Kier alpha value is -1.27. The first-order valence-corrected chi connectivity index (χ1v) is 6.03. The Morgan fingerprint density at radius 3 is 2.25 bits per heavy atom. The molecule has 1 heteroatoms. The van der Waals surface area contributed by atoms with Crippen LogP contribution in [0.2, 0.25) is 0 Å². The van der Waals surface area contributed by atoms with Gasteiger partial charge in [0.1, 0.15) is 0 Å². The number of aryl methyl sites for hydroxylation is 1. The summed E-state index contributed by atoms with van der Waals surface area (Å²) in [6, 6.07) is 18.6. The van der Waals surface area contributed by atoms with E-state index >= 15 is 0 Å². The summed E-state index contributed by atoms with van der Waals surface area (Å²) in [6.45, 7) is 2.16. The predicted molar refractivity (Wildman–Crippen MR) is 70.0 cm³/mol. The van der Waals surface area contributed by atoms with Crippen molar-refractivity contribution in [3.05, 3.63) is 71.3 Å². The Morgan fingerprint density at radius 1 is 0.938 bits per heavy atom. The number of halogens is 1. The van der Waals surface area contributed by atoms with Crippen molar-refractivity contribution in [3.8, 4) is 0 Å². The van der Waals surface area contributed by atoms with Crippen molar-refractivity contribution in [2.75, 3.05) is 0 Å². The molecule has 2 aromatic carbocycles. The summed E-state index contributed by atoms with van der Waals surface area (Å²) in [5.74, 6) is 0. The minimum atomic E-state index is -0.0441. The van der Waals surface area contributed by atoms with Gasteiger partial charge in [-0.25, -0.2) is 0 Å². The van der Waals surface area contributed by atoms with Crippen molar-refractivity contribution < 1.29 is 0 Å². The molecule has 0 saturated carbocycles. The molecular formula is C15H15Cl. The second kappa shape index (κ2) is 5.18. The molecule has 0 radical (unpaired) electrons. The lowest BCUT2D eigenvalue weighted by Crippen LogP contribution is -1.97. The molecule has 2 aromatic rings. The quantitative estimate of drug-likeness (QED) is 0.678. The monoisotopic (exact) mass is 230 g/mol. The largest absolute Gasteiger partial charge is 0.113 e. The number of rotatable bonds is 3. The lowest BCUT2D eigenvalue weighted by atomic mass is 9.98. The fraction of sp³-hybridized carbons (Fsp3) is 0.200. The van der Waals surface area contributed by atoms with Crippen molar-refractivity contribution in [2.24, 2.45) is 0 Å². The van der Waals surface area contributed by atoms with Crippen molar-refractivity contribution >= 4 is 11.6 Å². The van der Waals surface area contributed by atoms with Gasteiger partial charge in [-0.3, -0.25) is 0 Å². The molecule has 0 fully saturated rings. The van der Waals surface area contributed by atoms with Gasteiger partial charge in [0.05, 0.1) is 5.38 Å². The SMILES string of the molecule is CCc1ccccc1[C@@H](Cl)c1ccccc1. The fourth-order valence-corrected chi connectivity index (χ4v) is 2.26. The highest BCUT2D eigenvalue weighted by Crippen LogP contribution is 2.30. The highest BCUT2D eigenvalue weighted by Gasteiger charge is 2.12. The highest BCUT2D eigenvalue weighted by atomic mass is 35.5. The van der Waals surface area contributed by atoms with Gasteiger partial charge in [-0.15, -0.1) is 11.6 Å². The molecule has 2 rings (SSSR count). The van der Waals surface area contributed by atoms with Crippen molar-refractivity contribution in [1.29, 1.82) is 0 Å². The molecule has 0 aliphatic heterocycles. The predicted octanol–water partition coefficient (Wildman–Crippen LogP) is 4.58. The zero-order chi connectivity index (χ0) is 11.4. The first-order valence-electron chi connectivity index (χ1n) is 5.59. The molecule has 0 aliphatic carbocycles. The van der Waals surface area contributed by atoms with E-state index in [9.17, 15) is 0 Å². The van der Waals surface area contributed by atoms with Crippen LogP contribution in [0.4, 0.5) is 0 Å². The van der Waals surface area contributed by atoms with E-state index in [1.54, 1.807) is 0 Å². The van der Waals surface area contributed by atoms with E-state index in [1.165, 1.54) is 11.1 Å². The molecule has 0 aliphatic rings. The highest BCUT2D eigenvalue weighted by molar-refractivity contribution is 6.22. The van der Waals surface area contributed by atoms with Crippen molar-refractivity contribution in [3.63, 3.8) is 0 Å². The molecule has 0 amide bonds. The molecule has 16 heavy (non-hydrogen) atoms. The minimum absolute atomic E-state index is 0.0441. The molecule has 0 N–H and O–H groups in total. The molecule has 1 atom stereocenters. The van der Waals surface area contributed by atoms with Gasteiger partial charge in [0.25, 0.3) is 0 Å². The zero-order valence-corrected chi connectivity index (χ0v) is 10.1. The van der Waals surface area contributed by atoms with Gasteiger partial charge in [0.15, 0.2) is 0 Å². The van der Waals surface area contributed by atoms with Gasteiger partial charge >= 0.3 is 0 Å². The second-order valence-corrected chi connectivity index (χ2v) is 4.26. The summed E-state index contributed by atoms with van der Waals surface area (Å²) in [4.78, 5) is 0. The van der Waals surface area contributed by atoms with Crippen LogP contribution in [0.5, 0.6) is 0 Å². The molecule has 0 aromatic heterocycles. The standard InChI is InChI=1S/C15H15Cl/c1-2-12-8-6-7-11-14(12)15(16)13-9-4-3-5-10-13/h3-11,15H,2H2,1H3/t15-/m0/s1. The summed E-state index contributed by atoms with van der Waals surface area (Å²) >= 11 is 6.52. The maximum absolute atomic E-state index is 6.52. The smallest absolute Gasteiger partial charge is 0.0838 e. The zero-order valence-electron chi connectivity index (χ0n) is 9.36. The number of hydrogen-bond donors (Lipinski definition) is 0. The molecule has 0 nitrogen and oxygen atoms in total. The topological polar surface area (TPSA) is 0 Å². The second-order valence-electron chi connectivity index (χ2n) is 3.83. The lowest BCUT2D eigenvalue weighted by Gasteiger charge is -2.14. The molecule has 0 heterocycles. The maximum Gasteiger partial charge on any atom is 0.0838 e. The normalized spacial score (nSPS) is 12.4. The van der Waals surface area contributed by atoms with Crippen molar-refractivity contribution in [2.45, 2.75) is 18.7 Å². The van der Waals surface area contributed by atoms with Crippen LogP contribution in [0.3, 0.4) is 0 Å². The Bertz CT molecular complexity index is 448. The third-order valence-electron chi connectivity index (χ3n) is 2.80. The Balaban J connectivity index is 2.37. The van der Waals surface area contributed by atoms with Crippen LogP contribution in [0.15, 0.2) is 54.6 Å². The van der Waals surface area contributed by atoms with Gasteiger partial charge in [-0.1, -0.05) is 61.5 Å². The first-order chi connectivity index (χ1) is 7.83. The van der Waals surface area contributed by atoms with Crippen molar-refractivity contribution in [1.82, 2.24) is 0 Å². The van der Waals surface area contributed by atoms with E-state index in [0.717, 1.165) is 12.0 Å². The molecule has 82 valence electrons. The molecule has 0 unspecified atom stereocenters. The van der Waals surface area contributed by atoms with E-state index < -0.39 is 0 Å². The minimum Gasteiger partial charge on any atom is -0.113 e. The third-order valence-corrected chi connectivity index (χ3v) is 3.29. The number of benzene rings is 2. The molecular weight excluding hydrogens is 216 g/mol. The summed E-state index contributed by atoms with van der Waals surface area (Å²) in [5.41, 5.74) is 3.70. The van der Waals surface area contributed by atoms with Gasteiger partial charge < -0.3 is 0 Å². The molecule has 0 bridgehead atoms. The van der Waals surface area contributed by atoms with Gasteiger partial charge in [-0.2, -0.15) is 0 Å². The average molecular weight is 231 g/mol. The van der Waals surface area contributed by atoms with E-state index in [-0.39, 0.29) is 5.38 Å². The summed E-state index contributed by atoms with van der Waals surface area (Å²) in [7, 11) is 0. The van der Waals surface area contributed by atoms with E-state index in [4.69, 9.17) is 11.6 Å². The lowest BCUT2D eigenvalue weighted by molar-refractivity contribution is 1.04. The van der Waals surface area contributed by atoms with Crippen LogP contribution in [-0.4, -0.2) is 0 Å². The first kappa shape index (κ1) is 11.2. The summed E-state index contributed by atoms with van der Waals surface area (Å²) in [6.07, 6.45) is 1.02. The van der Waals surface area contributed by atoms with E-state index in [1.807, 2.05) is 24.3 Å². The van der Waals surface area contributed by atoms with Crippen LogP contribution in [0.1, 0.15) is 29.0 Å². The van der Waals surface area contributed by atoms with Crippen LogP contribution in [0.25, 0.3) is 0 Å². The van der Waals surface area contributed by atoms with Gasteiger partial charge in [0, 0.05) is 0 Å². The van der Waals surface area contributed by atoms with E-state index in [0.29, 0.717) is 0 Å². The number of hydrogen-bond acceptors (Lipinski definition) is 0. The van der Waals surface area contributed by atoms with Crippen LogP contribution in [-0.2, 0) is 6.42 Å². The Labute approximate surface area is 102 Å².